The first-order valence-corrected chi connectivity index (χ1v) is 4.14. The molecule has 0 aliphatic heterocycles. The minimum absolute atomic E-state index is 0.100. The smallest absolute Gasteiger partial charge is 0.126 e. The highest BCUT2D eigenvalue weighted by Gasteiger charge is 2.06. The van der Waals surface area contributed by atoms with Crippen LogP contribution in [0.2, 0.25) is 0 Å². The van der Waals surface area contributed by atoms with Gasteiger partial charge >= 0.3 is 0 Å². The van der Waals surface area contributed by atoms with Gasteiger partial charge in [-0.25, -0.2) is 4.39 Å². The van der Waals surface area contributed by atoms with Gasteiger partial charge in [-0.1, -0.05) is 24.1 Å². The van der Waals surface area contributed by atoms with Crippen molar-refractivity contribution >= 4 is 0 Å². The Balaban J connectivity index is 2.74. The van der Waals surface area contributed by atoms with E-state index in [2.05, 4.69) is 11.2 Å². The van der Waals surface area contributed by atoms with E-state index in [0.717, 1.165) is 0 Å². The molecule has 0 radical (unpaired) electrons. The van der Waals surface area contributed by atoms with Gasteiger partial charge in [0.15, 0.2) is 0 Å². The van der Waals surface area contributed by atoms with E-state index in [1.807, 2.05) is 6.07 Å². The zero-order valence-electron chi connectivity index (χ0n) is 7.55. The van der Waals surface area contributed by atoms with Crippen LogP contribution >= 0.6 is 0 Å². The van der Waals surface area contributed by atoms with Crippen LogP contribution < -0.4 is 5.32 Å². The molecule has 1 rings (SSSR count). The molecule has 1 aromatic carbocycles. The van der Waals surface area contributed by atoms with Gasteiger partial charge in [-0.05, 0) is 18.7 Å². The fraction of sp³-hybridized carbons (Fsp3) is 0.273. The van der Waals surface area contributed by atoms with Crippen LogP contribution in [0.3, 0.4) is 0 Å². The molecule has 0 spiro atoms. The van der Waals surface area contributed by atoms with Crippen LogP contribution in [-0.2, 0) is 6.42 Å². The molecule has 13 heavy (non-hydrogen) atoms. The minimum atomic E-state index is -0.196. The summed E-state index contributed by atoms with van der Waals surface area (Å²) in [5, 5.41) is 2.92. The number of halogens is 1. The number of benzene rings is 1. The molecular weight excluding hydrogens is 165 g/mol. The molecule has 2 heteroatoms. The largest absolute Gasteiger partial charge is 0.306 e. The lowest BCUT2D eigenvalue weighted by molar-refractivity contribution is 0.590. The summed E-state index contributed by atoms with van der Waals surface area (Å²) in [6, 6.07) is 6.57. The third-order valence-electron chi connectivity index (χ3n) is 1.93. The second-order valence-electron chi connectivity index (χ2n) is 2.80. The number of terminal acetylenes is 1. The van der Waals surface area contributed by atoms with Gasteiger partial charge in [0, 0.05) is 6.42 Å². The zero-order chi connectivity index (χ0) is 9.68. The molecule has 1 aromatic rings. The van der Waals surface area contributed by atoms with Gasteiger partial charge in [0.05, 0.1) is 6.04 Å². The Bertz CT molecular complexity index is 314. The summed E-state index contributed by atoms with van der Waals surface area (Å²) in [7, 11) is 1.77. The highest BCUT2D eigenvalue weighted by molar-refractivity contribution is 5.20. The Kier molecular flexibility index (Phi) is 3.48. The van der Waals surface area contributed by atoms with Crippen molar-refractivity contribution in [2.24, 2.45) is 0 Å². The van der Waals surface area contributed by atoms with E-state index in [-0.39, 0.29) is 11.9 Å². The number of hydrogen-bond donors (Lipinski definition) is 1. The van der Waals surface area contributed by atoms with Crippen molar-refractivity contribution in [3.63, 3.8) is 0 Å². The van der Waals surface area contributed by atoms with Crippen molar-refractivity contribution in [2.45, 2.75) is 12.5 Å². The van der Waals surface area contributed by atoms with E-state index in [0.29, 0.717) is 12.0 Å². The Morgan fingerprint density at radius 1 is 1.54 bits per heavy atom. The second kappa shape index (κ2) is 4.64. The molecule has 0 aromatic heterocycles. The molecule has 0 saturated carbocycles. The molecule has 0 aliphatic carbocycles. The zero-order valence-corrected chi connectivity index (χ0v) is 7.55. The highest BCUT2D eigenvalue weighted by atomic mass is 19.1. The molecule has 0 heterocycles. The first-order chi connectivity index (χ1) is 6.27. The van der Waals surface area contributed by atoms with E-state index in [9.17, 15) is 4.39 Å². The van der Waals surface area contributed by atoms with Crippen molar-refractivity contribution in [1.82, 2.24) is 5.32 Å². The summed E-state index contributed by atoms with van der Waals surface area (Å²) in [5.41, 5.74) is 0.653. The number of hydrogen-bond acceptors (Lipinski definition) is 1. The highest BCUT2D eigenvalue weighted by Crippen LogP contribution is 2.08. The van der Waals surface area contributed by atoms with Gasteiger partial charge in [0.2, 0.25) is 0 Å². The number of nitrogens with one attached hydrogen (secondary N) is 1. The van der Waals surface area contributed by atoms with E-state index >= 15 is 0 Å². The molecule has 0 amide bonds. The van der Waals surface area contributed by atoms with Crippen LogP contribution in [0.1, 0.15) is 5.56 Å². The second-order valence-corrected chi connectivity index (χ2v) is 2.80. The van der Waals surface area contributed by atoms with Gasteiger partial charge in [-0.3, -0.25) is 0 Å². The summed E-state index contributed by atoms with van der Waals surface area (Å²) in [5.74, 6) is 2.35. The minimum Gasteiger partial charge on any atom is -0.306 e. The van der Waals surface area contributed by atoms with Crippen LogP contribution in [-0.4, -0.2) is 13.1 Å². The van der Waals surface area contributed by atoms with Crippen LogP contribution in [0.15, 0.2) is 24.3 Å². The van der Waals surface area contributed by atoms with E-state index < -0.39 is 0 Å². The molecule has 0 fully saturated rings. The predicted molar refractivity (Wildman–Crippen MR) is 51.8 cm³/mol. The normalized spacial score (nSPS) is 12.1. The molecule has 1 atom stereocenters. The molecule has 68 valence electrons. The first kappa shape index (κ1) is 9.76. The topological polar surface area (TPSA) is 12.0 Å². The fourth-order valence-corrected chi connectivity index (χ4v) is 1.13. The summed E-state index contributed by atoms with van der Waals surface area (Å²) < 4.78 is 13.1. The standard InChI is InChI=1S/C11H12FN/c1-3-10(13-2)8-9-6-4-5-7-11(9)12/h1,4-7,10,13H,8H2,2H3. The number of likely N-dealkylation sites (N-methyl/N-ethyl adjacent to an activating group) is 1. The molecule has 1 N–H and O–H groups in total. The Labute approximate surface area is 78.0 Å². The Morgan fingerprint density at radius 2 is 2.23 bits per heavy atom. The Hall–Kier alpha value is -1.33. The van der Waals surface area contributed by atoms with Crippen LogP contribution in [0, 0.1) is 18.2 Å². The van der Waals surface area contributed by atoms with Crippen molar-refractivity contribution < 1.29 is 4.39 Å². The maximum atomic E-state index is 13.1. The molecule has 1 nitrogen and oxygen atoms in total. The van der Waals surface area contributed by atoms with Gasteiger partial charge < -0.3 is 5.32 Å². The van der Waals surface area contributed by atoms with Crippen molar-refractivity contribution in [1.29, 1.82) is 0 Å². The van der Waals surface area contributed by atoms with Gasteiger partial charge in [-0.2, -0.15) is 0 Å². The lowest BCUT2D eigenvalue weighted by atomic mass is 10.1. The quantitative estimate of drug-likeness (QED) is 0.691. The SMILES string of the molecule is C#CC(Cc1ccccc1F)NC. The lowest BCUT2D eigenvalue weighted by Gasteiger charge is -2.09. The average molecular weight is 177 g/mol. The monoisotopic (exact) mass is 177 g/mol. The average Bonchev–Trinajstić information content (AvgIpc) is 2.17. The summed E-state index contributed by atoms with van der Waals surface area (Å²) >= 11 is 0. The molecule has 0 saturated heterocycles. The maximum absolute atomic E-state index is 13.1. The van der Waals surface area contributed by atoms with Crippen LogP contribution in [0.25, 0.3) is 0 Å². The summed E-state index contributed by atoms with van der Waals surface area (Å²) in [6.07, 6.45) is 5.77. The molecule has 1 unspecified atom stereocenters. The number of rotatable bonds is 3. The third-order valence-corrected chi connectivity index (χ3v) is 1.93. The first-order valence-electron chi connectivity index (χ1n) is 4.14. The van der Waals surface area contributed by atoms with Crippen LogP contribution in [0.5, 0.6) is 0 Å². The fourth-order valence-electron chi connectivity index (χ4n) is 1.13. The predicted octanol–water partition coefficient (Wildman–Crippen LogP) is 1.59. The van der Waals surface area contributed by atoms with Gasteiger partial charge in [0.1, 0.15) is 5.82 Å². The molecule has 0 bridgehead atoms. The molecule has 0 aliphatic rings. The van der Waals surface area contributed by atoms with Gasteiger partial charge in [-0.15, -0.1) is 6.42 Å². The third kappa shape index (κ3) is 2.57. The van der Waals surface area contributed by atoms with Crippen LogP contribution in [0.4, 0.5) is 4.39 Å². The molecular formula is C11H12FN. The Morgan fingerprint density at radius 3 is 2.77 bits per heavy atom. The maximum Gasteiger partial charge on any atom is 0.126 e. The van der Waals surface area contributed by atoms with Crippen molar-refractivity contribution in [2.75, 3.05) is 7.05 Å². The van der Waals surface area contributed by atoms with E-state index in [4.69, 9.17) is 6.42 Å². The van der Waals surface area contributed by atoms with E-state index in [1.165, 1.54) is 6.07 Å². The van der Waals surface area contributed by atoms with E-state index in [1.54, 1.807) is 19.2 Å². The summed E-state index contributed by atoms with van der Waals surface area (Å²) in [4.78, 5) is 0. The van der Waals surface area contributed by atoms with Gasteiger partial charge in [0.25, 0.3) is 0 Å². The summed E-state index contributed by atoms with van der Waals surface area (Å²) in [6.45, 7) is 0. The van der Waals surface area contributed by atoms with Crippen molar-refractivity contribution in [3.8, 4) is 12.3 Å². The lowest BCUT2D eigenvalue weighted by Crippen LogP contribution is -2.25. The van der Waals surface area contributed by atoms with Crippen molar-refractivity contribution in [3.05, 3.63) is 35.6 Å².